The molecule has 0 radical (unpaired) electrons. The van der Waals surface area contributed by atoms with Gasteiger partial charge >= 0.3 is 0 Å². The molecular formula is C19H20FN3O2. The number of aryl methyl sites for hydroxylation is 1. The average molecular weight is 341 g/mol. The minimum Gasteiger partial charge on any atom is -0.497 e. The smallest absolute Gasteiger partial charge is 0.255 e. The van der Waals surface area contributed by atoms with Crippen molar-refractivity contribution in [3.63, 3.8) is 0 Å². The van der Waals surface area contributed by atoms with Gasteiger partial charge in [0.25, 0.3) is 5.91 Å². The van der Waals surface area contributed by atoms with Gasteiger partial charge in [0.15, 0.2) is 0 Å². The molecule has 0 fully saturated rings. The Labute approximate surface area is 145 Å². The summed E-state index contributed by atoms with van der Waals surface area (Å²) in [4.78, 5) is 21.2. The number of amides is 1. The second kappa shape index (κ2) is 7.34. The number of nitrogens with zero attached hydrogens (tertiary/aromatic N) is 2. The van der Waals surface area contributed by atoms with Crippen molar-refractivity contribution in [2.24, 2.45) is 0 Å². The zero-order valence-electron chi connectivity index (χ0n) is 14.3. The maximum Gasteiger partial charge on any atom is 0.255 e. The van der Waals surface area contributed by atoms with Gasteiger partial charge in [-0.2, -0.15) is 0 Å². The molecule has 130 valence electrons. The molecule has 0 saturated heterocycles. The van der Waals surface area contributed by atoms with E-state index >= 15 is 0 Å². The van der Waals surface area contributed by atoms with Crippen LogP contribution in [0.2, 0.25) is 0 Å². The summed E-state index contributed by atoms with van der Waals surface area (Å²) in [5.74, 6) is 0.142. The number of aromatic nitrogens is 2. The van der Waals surface area contributed by atoms with E-state index in [9.17, 15) is 9.18 Å². The summed E-state index contributed by atoms with van der Waals surface area (Å²) in [5.41, 5.74) is 2.48. The summed E-state index contributed by atoms with van der Waals surface area (Å²) in [6, 6.07) is 10.5. The van der Waals surface area contributed by atoms with Crippen LogP contribution in [0.5, 0.6) is 5.75 Å². The number of ether oxygens (including phenoxy) is 1. The van der Waals surface area contributed by atoms with Crippen molar-refractivity contribution in [3.8, 4) is 5.75 Å². The maximum atomic E-state index is 13.7. The van der Waals surface area contributed by atoms with E-state index in [0.717, 1.165) is 18.6 Å². The molecule has 0 unspecified atom stereocenters. The van der Waals surface area contributed by atoms with Crippen LogP contribution in [0.25, 0.3) is 11.0 Å². The first-order valence-electron chi connectivity index (χ1n) is 8.09. The largest absolute Gasteiger partial charge is 0.497 e. The van der Waals surface area contributed by atoms with Crippen molar-refractivity contribution in [3.05, 3.63) is 59.7 Å². The summed E-state index contributed by atoms with van der Waals surface area (Å²) >= 11 is 0. The lowest BCUT2D eigenvalue weighted by Gasteiger charge is -2.17. The number of rotatable bonds is 6. The fourth-order valence-electron chi connectivity index (χ4n) is 2.80. The van der Waals surface area contributed by atoms with Crippen molar-refractivity contribution in [1.82, 2.24) is 14.9 Å². The highest BCUT2D eigenvalue weighted by Crippen LogP contribution is 2.19. The van der Waals surface area contributed by atoms with Gasteiger partial charge in [-0.3, -0.25) is 4.79 Å². The van der Waals surface area contributed by atoms with Crippen molar-refractivity contribution in [2.45, 2.75) is 12.8 Å². The Bertz CT molecular complexity index is 874. The number of hydrogen-bond acceptors (Lipinski definition) is 3. The van der Waals surface area contributed by atoms with Crippen LogP contribution in [0.3, 0.4) is 0 Å². The lowest BCUT2D eigenvalue weighted by Crippen LogP contribution is -2.28. The molecule has 0 spiro atoms. The first-order valence-corrected chi connectivity index (χ1v) is 8.09. The molecule has 1 amide bonds. The molecule has 0 saturated carbocycles. The minimum absolute atomic E-state index is 0.230. The van der Waals surface area contributed by atoms with E-state index < -0.39 is 5.82 Å². The highest BCUT2D eigenvalue weighted by Gasteiger charge is 2.17. The number of imidazole rings is 1. The van der Waals surface area contributed by atoms with Gasteiger partial charge in [-0.1, -0.05) is 12.1 Å². The summed E-state index contributed by atoms with van der Waals surface area (Å²) in [7, 11) is 3.36. The fourth-order valence-corrected chi connectivity index (χ4v) is 2.80. The van der Waals surface area contributed by atoms with Gasteiger partial charge in [0.1, 0.15) is 17.1 Å². The van der Waals surface area contributed by atoms with E-state index in [0.29, 0.717) is 17.6 Å². The topological polar surface area (TPSA) is 58.2 Å². The Kier molecular flexibility index (Phi) is 4.97. The monoisotopic (exact) mass is 341 g/mol. The van der Waals surface area contributed by atoms with E-state index in [4.69, 9.17) is 4.74 Å². The van der Waals surface area contributed by atoms with Gasteiger partial charge < -0.3 is 14.6 Å². The first-order chi connectivity index (χ1) is 12.1. The normalized spacial score (nSPS) is 10.8. The number of fused-ring (bicyclic) bond motifs is 1. The van der Waals surface area contributed by atoms with Gasteiger partial charge in [-0.15, -0.1) is 0 Å². The number of aromatic amines is 1. The summed E-state index contributed by atoms with van der Waals surface area (Å²) in [5, 5.41) is 0. The first kappa shape index (κ1) is 17.0. The van der Waals surface area contributed by atoms with Gasteiger partial charge in [-0.05, 0) is 42.7 Å². The zero-order chi connectivity index (χ0) is 17.8. The molecule has 0 aliphatic carbocycles. The van der Waals surface area contributed by atoms with E-state index in [1.165, 1.54) is 24.0 Å². The summed E-state index contributed by atoms with van der Waals surface area (Å²) < 4.78 is 18.8. The highest BCUT2D eigenvalue weighted by atomic mass is 19.1. The third-order valence-electron chi connectivity index (χ3n) is 4.18. The molecule has 6 heteroatoms. The Morgan fingerprint density at radius 1 is 1.28 bits per heavy atom. The molecule has 25 heavy (non-hydrogen) atoms. The molecule has 1 heterocycles. The number of halogens is 1. The fraction of sp³-hybridized carbons (Fsp3) is 0.263. The summed E-state index contributed by atoms with van der Waals surface area (Å²) in [6.45, 7) is 0.577. The Balaban J connectivity index is 1.63. The van der Waals surface area contributed by atoms with Crippen LogP contribution in [-0.4, -0.2) is 41.5 Å². The predicted molar refractivity (Wildman–Crippen MR) is 94.3 cm³/mol. The Morgan fingerprint density at radius 2 is 2.04 bits per heavy atom. The second-order valence-corrected chi connectivity index (χ2v) is 5.93. The number of carbonyl (C=O) groups excluding carboxylic acids is 1. The molecule has 3 aromatic rings. The quantitative estimate of drug-likeness (QED) is 0.747. The van der Waals surface area contributed by atoms with Gasteiger partial charge in [0, 0.05) is 13.6 Å². The number of methoxy groups -OCH3 is 1. The van der Waals surface area contributed by atoms with Crippen molar-refractivity contribution in [1.29, 1.82) is 0 Å². The number of H-pyrrole nitrogens is 1. The van der Waals surface area contributed by atoms with E-state index in [1.807, 2.05) is 24.3 Å². The van der Waals surface area contributed by atoms with Crippen LogP contribution in [-0.2, 0) is 6.42 Å². The number of nitrogens with one attached hydrogen (secondary N) is 1. The average Bonchev–Trinajstić information content (AvgIpc) is 3.09. The van der Waals surface area contributed by atoms with Crippen molar-refractivity contribution >= 4 is 16.9 Å². The van der Waals surface area contributed by atoms with E-state index in [1.54, 1.807) is 19.1 Å². The van der Waals surface area contributed by atoms with Crippen LogP contribution < -0.4 is 4.74 Å². The van der Waals surface area contributed by atoms with Crippen LogP contribution >= 0.6 is 0 Å². The molecular weight excluding hydrogens is 321 g/mol. The molecule has 1 N–H and O–H groups in total. The maximum absolute atomic E-state index is 13.7. The third-order valence-corrected chi connectivity index (χ3v) is 4.18. The van der Waals surface area contributed by atoms with Crippen LogP contribution in [0.4, 0.5) is 4.39 Å². The lowest BCUT2D eigenvalue weighted by molar-refractivity contribution is 0.0795. The molecule has 0 atom stereocenters. The van der Waals surface area contributed by atoms with Gasteiger partial charge in [-0.25, -0.2) is 9.37 Å². The van der Waals surface area contributed by atoms with Gasteiger partial charge in [0.2, 0.25) is 0 Å². The zero-order valence-corrected chi connectivity index (χ0v) is 14.3. The molecule has 2 aromatic carbocycles. The van der Waals surface area contributed by atoms with Crippen molar-refractivity contribution < 1.29 is 13.9 Å². The minimum atomic E-state index is -0.452. The standard InChI is InChI=1S/C19H20FN3O2/c1-23(9-3-4-13-5-7-15(25-2)8-6-13)19(24)16-10-14(20)11-17-18(16)22-12-21-17/h5-8,10-12H,3-4,9H2,1-2H3,(H,21,22). The van der Waals surface area contributed by atoms with Gasteiger partial charge in [0.05, 0.1) is 24.5 Å². The highest BCUT2D eigenvalue weighted by molar-refractivity contribution is 6.04. The third kappa shape index (κ3) is 3.79. The van der Waals surface area contributed by atoms with E-state index in [-0.39, 0.29) is 11.5 Å². The molecule has 1 aromatic heterocycles. The Morgan fingerprint density at radius 3 is 2.76 bits per heavy atom. The number of carbonyl (C=O) groups is 1. The molecule has 3 rings (SSSR count). The molecule has 0 aliphatic heterocycles. The number of hydrogen-bond donors (Lipinski definition) is 1. The lowest BCUT2D eigenvalue weighted by atomic mass is 10.1. The molecule has 0 bridgehead atoms. The SMILES string of the molecule is COc1ccc(CCCN(C)C(=O)c2cc(F)cc3[nH]cnc23)cc1. The Hall–Kier alpha value is -2.89. The van der Waals surface area contributed by atoms with Crippen molar-refractivity contribution in [2.75, 3.05) is 20.7 Å². The number of benzene rings is 2. The predicted octanol–water partition coefficient (Wildman–Crippen LogP) is 3.42. The van der Waals surface area contributed by atoms with E-state index in [2.05, 4.69) is 9.97 Å². The van der Waals surface area contributed by atoms with Crippen LogP contribution in [0.1, 0.15) is 22.3 Å². The second-order valence-electron chi connectivity index (χ2n) is 5.93. The van der Waals surface area contributed by atoms with Crippen LogP contribution in [0.15, 0.2) is 42.7 Å². The summed E-state index contributed by atoms with van der Waals surface area (Å²) in [6.07, 6.45) is 3.13. The molecule has 5 nitrogen and oxygen atoms in total. The van der Waals surface area contributed by atoms with Crippen LogP contribution in [0, 0.1) is 5.82 Å². The molecule has 0 aliphatic rings.